The SMILES string of the molecule is CCN1CCC[C@@H]1CNC(=O)[C@H]1C[C@@H](C(=O)Nc2ccc(F)cc2)CN(CC(C)C)C1. The van der Waals surface area contributed by atoms with E-state index in [1.54, 1.807) is 12.1 Å². The van der Waals surface area contributed by atoms with E-state index in [0.717, 1.165) is 26.1 Å². The lowest BCUT2D eigenvalue weighted by Gasteiger charge is -2.37. The van der Waals surface area contributed by atoms with Crippen LogP contribution in [0.3, 0.4) is 0 Å². The summed E-state index contributed by atoms with van der Waals surface area (Å²) in [6.45, 7) is 11.4. The number of piperidine rings is 1. The average Bonchev–Trinajstić information content (AvgIpc) is 3.20. The van der Waals surface area contributed by atoms with Crippen molar-refractivity contribution in [2.75, 3.05) is 44.6 Å². The zero-order valence-corrected chi connectivity index (χ0v) is 19.1. The maximum atomic E-state index is 13.2. The van der Waals surface area contributed by atoms with Gasteiger partial charge in [0.25, 0.3) is 0 Å². The van der Waals surface area contributed by atoms with Crippen LogP contribution in [-0.4, -0.2) is 66.9 Å². The fourth-order valence-electron chi connectivity index (χ4n) is 4.92. The van der Waals surface area contributed by atoms with Crippen molar-refractivity contribution in [2.24, 2.45) is 17.8 Å². The van der Waals surface area contributed by atoms with Crippen LogP contribution in [0.25, 0.3) is 0 Å². The predicted molar refractivity (Wildman–Crippen MR) is 121 cm³/mol. The standard InChI is InChI=1S/C24H37FN4O2/c1-4-29-11-5-6-22(29)13-26-23(30)18-12-19(16-28(15-18)14-17(2)3)24(31)27-21-9-7-20(25)8-10-21/h7-10,17-19,22H,4-6,11-16H2,1-3H3,(H,26,30)(H,27,31)/t18-,19+,22+/m0/s1. The zero-order valence-electron chi connectivity index (χ0n) is 19.1. The van der Waals surface area contributed by atoms with Gasteiger partial charge in [-0.05, 0) is 62.5 Å². The molecule has 2 aliphatic heterocycles. The van der Waals surface area contributed by atoms with Gasteiger partial charge in [0.15, 0.2) is 0 Å². The Hall–Kier alpha value is -1.99. The molecule has 6 nitrogen and oxygen atoms in total. The Morgan fingerprint density at radius 1 is 1.13 bits per heavy atom. The highest BCUT2D eigenvalue weighted by atomic mass is 19.1. The molecule has 0 bridgehead atoms. The van der Waals surface area contributed by atoms with Crippen molar-refractivity contribution in [3.05, 3.63) is 30.1 Å². The molecule has 0 aliphatic carbocycles. The van der Waals surface area contributed by atoms with Gasteiger partial charge in [-0.1, -0.05) is 20.8 Å². The maximum Gasteiger partial charge on any atom is 0.228 e. The monoisotopic (exact) mass is 432 g/mol. The number of anilines is 1. The molecule has 0 saturated carbocycles. The normalized spacial score (nSPS) is 25.0. The second-order valence-electron chi connectivity index (χ2n) is 9.41. The third-order valence-corrected chi connectivity index (χ3v) is 6.42. The lowest BCUT2D eigenvalue weighted by molar-refractivity contribution is -0.130. The third-order valence-electron chi connectivity index (χ3n) is 6.42. The van der Waals surface area contributed by atoms with Crippen LogP contribution in [0, 0.1) is 23.6 Å². The van der Waals surface area contributed by atoms with Crippen molar-refractivity contribution < 1.29 is 14.0 Å². The van der Waals surface area contributed by atoms with Gasteiger partial charge in [-0.2, -0.15) is 0 Å². The van der Waals surface area contributed by atoms with E-state index < -0.39 is 0 Å². The van der Waals surface area contributed by atoms with Crippen LogP contribution in [-0.2, 0) is 9.59 Å². The van der Waals surface area contributed by atoms with Gasteiger partial charge in [0.2, 0.25) is 11.8 Å². The number of amides is 2. The van der Waals surface area contributed by atoms with E-state index in [1.165, 1.54) is 18.6 Å². The van der Waals surface area contributed by atoms with Gasteiger partial charge in [-0.3, -0.25) is 14.5 Å². The average molecular weight is 433 g/mol. The zero-order chi connectivity index (χ0) is 22.4. The fraction of sp³-hybridized carbons (Fsp3) is 0.667. The summed E-state index contributed by atoms with van der Waals surface area (Å²) in [5, 5.41) is 6.06. The van der Waals surface area contributed by atoms with Gasteiger partial charge in [0, 0.05) is 37.9 Å². The highest BCUT2D eigenvalue weighted by Crippen LogP contribution is 2.25. The molecule has 1 aromatic carbocycles. The van der Waals surface area contributed by atoms with Crippen LogP contribution in [0.4, 0.5) is 10.1 Å². The van der Waals surface area contributed by atoms with E-state index in [9.17, 15) is 14.0 Å². The lowest BCUT2D eigenvalue weighted by Crippen LogP contribution is -2.51. The van der Waals surface area contributed by atoms with Gasteiger partial charge in [0.1, 0.15) is 5.82 Å². The maximum absolute atomic E-state index is 13.2. The Kier molecular flexibility index (Phi) is 8.43. The molecule has 7 heteroatoms. The number of carbonyl (C=O) groups is 2. The Labute approximate surface area is 185 Å². The first kappa shape index (κ1) is 23.7. The first-order valence-corrected chi connectivity index (χ1v) is 11.7. The summed E-state index contributed by atoms with van der Waals surface area (Å²) in [4.78, 5) is 30.6. The van der Waals surface area contributed by atoms with Crippen LogP contribution in [0.5, 0.6) is 0 Å². The smallest absolute Gasteiger partial charge is 0.228 e. The Morgan fingerprint density at radius 2 is 1.81 bits per heavy atom. The second-order valence-corrected chi connectivity index (χ2v) is 9.41. The van der Waals surface area contributed by atoms with Crippen LogP contribution in [0.15, 0.2) is 24.3 Å². The molecule has 3 atom stereocenters. The number of nitrogens with one attached hydrogen (secondary N) is 2. The highest BCUT2D eigenvalue weighted by molar-refractivity contribution is 5.93. The molecule has 0 unspecified atom stereocenters. The quantitative estimate of drug-likeness (QED) is 0.663. The third kappa shape index (κ3) is 6.74. The van der Waals surface area contributed by atoms with Gasteiger partial charge in [-0.15, -0.1) is 0 Å². The molecular weight excluding hydrogens is 395 g/mol. The number of hydrogen-bond donors (Lipinski definition) is 2. The summed E-state index contributed by atoms with van der Waals surface area (Å²) in [5.74, 6) is -0.402. The summed E-state index contributed by atoms with van der Waals surface area (Å²) in [5.41, 5.74) is 0.578. The van der Waals surface area contributed by atoms with Gasteiger partial charge >= 0.3 is 0 Å². The topological polar surface area (TPSA) is 64.7 Å². The second kappa shape index (κ2) is 11.0. The summed E-state index contributed by atoms with van der Waals surface area (Å²) < 4.78 is 13.2. The number of halogens is 1. The molecule has 0 aromatic heterocycles. The molecule has 31 heavy (non-hydrogen) atoms. The summed E-state index contributed by atoms with van der Waals surface area (Å²) >= 11 is 0. The number of benzene rings is 1. The lowest BCUT2D eigenvalue weighted by atomic mass is 9.87. The minimum Gasteiger partial charge on any atom is -0.354 e. The highest BCUT2D eigenvalue weighted by Gasteiger charge is 2.35. The van der Waals surface area contributed by atoms with E-state index in [2.05, 4.69) is 41.2 Å². The van der Waals surface area contributed by atoms with Crippen molar-refractivity contribution in [1.29, 1.82) is 0 Å². The van der Waals surface area contributed by atoms with Crippen molar-refractivity contribution in [1.82, 2.24) is 15.1 Å². The molecule has 1 aromatic rings. The molecule has 0 radical (unpaired) electrons. The number of carbonyl (C=O) groups excluding carboxylic acids is 2. The molecule has 2 heterocycles. The molecule has 2 N–H and O–H groups in total. The summed E-state index contributed by atoms with van der Waals surface area (Å²) in [6.07, 6.45) is 2.85. The minimum absolute atomic E-state index is 0.0518. The van der Waals surface area contributed by atoms with Crippen molar-refractivity contribution >= 4 is 17.5 Å². The Balaban J connectivity index is 1.61. The van der Waals surface area contributed by atoms with Crippen LogP contribution >= 0.6 is 0 Å². The number of nitrogens with zero attached hydrogens (tertiary/aromatic N) is 2. The van der Waals surface area contributed by atoms with Gasteiger partial charge in [0.05, 0.1) is 11.8 Å². The molecule has 2 saturated heterocycles. The fourth-order valence-corrected chi connectivity index (χ4v) is 4.92. The molecular formula is C24H37FN4O2. The first-order valence-electron chi connectivity index (χ1n) is 11.7. The Bertz CT molecular complexity index is 740. The van der Waals surface area contributed by atoms with E-state index in [4.69, 9.17) is 0 Å². The van der Waals surface area contributed by atoms with E-state index in [0.29, 0.717) is 43.7 Å². The van der Waals surface area contributed by atoms with Gasteiger partial charge < -0.3 is 15.5 Å². The minimum atomic E-state index is -0.334. The van der Waals surface area contributed by atoms with E-state index >= 15 is 0 Å². The Morgan fingerprint density at radius 3 is 2.45 bits per heavy atom. The molecule has 172 valence electrons. The van der Waals surface area contributed by atoms with Crippen LogP contribution in [0.2, 0.25) is 0 Å². The van der Waals surface area contributed by atoms with Crippen molar-refractivity contribution in [3.8, 4) is 0 Å². The number of hydrogen-bond acceptors (Lipinski definition) is 4. The molecule has 2 aliphatic rings. The first-order chi connectivity index (χ1) is 14.9. The number of likely N-dealkylation sites (N-methyl/N-ethyl adjacent to an activating group) is 1. The van der Waals surface area contributed by atoms with E-state index in [1.807, 2.05) is 0 Å². The summed E-state index contributed by atoms with van der Waals surface area (Å²) in [6, 6.07) is 6.21. The molecule has 2 fully saturated rings. The van der Waals surface area contributed by atoms with Crippen molar-refractivity contribution in [2.45, 2.75) is 46.1 Å². The molecule has 2 amide bonds. The number of likely N-dealkylation sites (tertiary alicyclic amines) is 2. The van der Waals surface area contributed by atoms with E-state index in [-0.39, 0.29) is 29.5 Å². The summed E-state index contributed by atoms with van der Waals surface area (Å²) in [7, 11) is 0. The van der Waals surface area contributed by atoms with Crippen LogP contribution < -0.4 is 10.6 Å². The predicted octanol–water partition coefficient (Wildman–Crippen LogP) is 2.96. The van der Waals surface area contributed by atoms with Crippen molar-refractivity contribution in [3.63, 3.8) is 0 Å². The number of rotatable bonds is 8. The molecule has 0 spiro atoms. The van der Waals surface area contributed by atoms with Gasteiger partial charge in [-0.25, -0.2) is 4.39 Å². The molecule has 3 rings (SSSR count). The largest absolute Gasteiger partial charge is 0.354 e. The van der Waals surface area contributed by atoms with Crippen LogP contribution in [0.1, 0.15) is 40.0 Å².